The summed E-state index contributed by atoms with van der Waals surface area (Å²) in [6.07, 6.45) is 0. The van der Waals surface area contributed by atoms with E-state index in [0.29, 0.717) is 11.1 Å². The molecule has 0 saturated heterocycles. The second-order valence-electron chi connectivity index (χ2n) is 6.36. The summed E-state index contributed by atoms with van der Waals surface area (Å²) in [5, 5.41) is 3.19. The Morgan fingerprint density at radius 2 is 1.33 bits per heavy atom. The Labute approximate surface area is 156 Å². The third-order valence-corrected chi connectivity index (χ3v) is 6.00. The molecular weight excluding hydrogens is 358 g/mol. The Balaban J connectivity index is 1.70. The maximum absolute atomic E-state index is 13.1. The Hall–Kier alpha value is -3.31. The lowest BCUT2D eigenvalue weighted by atomic mass is 10.1. The van der Waals surface area contributed by atoms with Gasteiger partial charge < -0.3 is 9.17 Å². The molecule has 1 N–H and O–H groups in total. The van der Waals surface area contributed by atoms with Crippen molar-refractivity contribution >= 4 is 42.7 Å². The van der Waals surface area contributed by atoms with Crippen LogP contribution in [-0.4, -0.2) is 13.4 Å². The van der Waals surface area contributed by atoms with Gasteiger partial charge in [-0.2, -0.15) is 8.42 Å². The van der Waals surface area contributed by atoms with Crippen LogP contribution in [-0.2, 0) is 10.1 Å². The van der Waals surface area contributed by atoms with Gasteiger partial charge in [0.05, 0.1) is 10.9 Å². The van der Waals surface area contributed by atoms with Gasteiger partial charge >= 0.3 is 10.1 Å². The summed E-state index contributed by atoms with van der Waals surface area (Å²) in [6.45, 7) is 0. The summed E-state index contributed by atoms with van der Waals surface area (Å²) in [4.78, 5) is 3.46. The highest BCUT2D eigenvalue weighted by atomic mass is 32.2. The molecule has 132 valence electrons. The Morgan fingerprint density at radius 1 is 0.667 bits per heavy atom. The molecule has 0 amide bonds. The summed E-state index contributed by atoms with van der Waals surface area (Å²) in [5.74, 6) is 0.317. The maximum atomic E-state index is 13.1. The minimum Gasteiger partial charge on any atom is -0.378 e. The number of hydrogen-bond donors (Lipinski definition) is 1. The zero-order valence-electron chi connectivity index (χ0n) is 14.2. The van der Waals surface area contributed by atoms with Gasteiger partial charge in [0.15, 0.2) is 5.75 Å². The van der Waals surface area contributed by atoms with Gasteiger partial charge in [-0.25, -0.2) is 0 Å². The molecule has 4 aromatic carbocycles. The van der Waals surface area contributed by atoms with E-state index in [-0.39, 0.29) is 4.90 Å². The smallest absolute Gasteiger partial charge is 0.339 e. The first kappa shape index (κ1) is 15.9. The number of H-pyrrole nitrogens is 1. The monoisotopic (exact) mass is 373 g/mol. The second kappa shape index (κ2) is 5.86. The normalized spacial score (nSPS) is 12.0. The van der Waals surface area contributed by atoms with E-state index < -0.39 is 10.1 Å². The number of hydrogen-bond acceptors (Lipinski definition) is 3. The third kappa shape index (κ3) is 2.55. The van der Waals surface area contributed by atoms with Gasteiger partial charge in [0.1, 0.15) is 4.90 Å². The van der Waals surface area contributed by atoms with Gasteiger partial charge in [0.25, 0.3) is 0 Å². The molecule has 0 radical (unpaired) electrons. The largest absolute Gasteiger partial charge is 0.378 e. The number of aromatic amines is 1. The molecule has 5 aromatic rings. The van der Waals surface area contributed by atoms with E-state index >= 15 is 0 Å². The molecule has 5 heteroatoms. The number of rotatable bonds is 3. The van der Waals surface area contributed by atoms with Crippen LogP contribution in [0.2, 0.25) is 0 Å². The van der Waals surface area contributed by atoms with E-state index in [9.17, 15) is 8.42 Å². The summed E-state index contributed by atoms with van der Waals surface area (Å²) >= 11 is 0. The molecule has 0 atom stereocenters. The molecule has 27 heavy (non-hydrogen) atoms. The van der Waals surface area contributed by atoms with Gasteiger partial charge in [-0.15, -0.1) is 0 Å². The van der Waals surface area contributed by atoms with Gasteiger partial charge in [0.2, 0.25) is 0 Å². The van der Waals surface area contributed by atoms with Crippen molar-refractivity contribution in [1.82, 2.24) is 4.98 Å². The molecule has 4 nitrogen and oxygen atoms in total. The zero-order chi connectivity index (χ0) is 18.4. The van der Waals surface area contributed by atoms with Crippen molar-refractivity contribution < 1.29 is 12.6 Å². The lowest BCUT2D eigenvalue weighted by molar-refractivity contribution is 0.490. The molecule has 0 saturated carbocycles. The molecule has 0 aliphatic rings. The fraction of sp³-hybridized carbons (Fsp3) is 0. The highest BCUT2D eigenvalue weighted by Crippen LogP contribution is 2.35. The van der Waals surface area contributed by atoms with E-state index in [4.69, 9.17) is 4.18 Å². The first-order valence-electron chi connectivity index (χ1n) is 8.55. The maximum Gasteiger partial charge on any atom is 0.339 e. The predicted molar refractivity (Wildman–Crippen MR) is 108 cm³/mol. The predicted octanol–water partition coefficient (Wildman–Crippen LogP) is 5.24. The van der Waals surface area contributed by atoms with Gasteiger partial charge in [-0.3, -0.25) is 0 Å². The van der Waals surface area contributed by atoms with Crippen LogP contribution >= 0.6 is 0 Å². The Bertz CT molecular complexity index is 1410. The van der Waals surface area contributed by atoms with Crippen molar-refractivity contribution in [2.24, 2.45) is 0 Å². The first-order valence-corrected chi connectivity index (χ1v) is 9.96. The third-order valence-electron chi connectivity index (χ3n) is 4.71. The van der Waals surface area contributed by atoms with Crippen LogP contribution in [0.15, 0.2) is 89.8 Å². The van der Waals surface area contributed by atoms with Crippen LogP contribution in [0.5, 0.6) is 5.75 Å². The van der Waals surface area contributed by atoms with E-state index in [2.05, 4.69) is 4.98 Å². The SMILES string of the molecule is O=S(=O)(Oc1cccc2[nH]c3ccccc3c12)c1cccc2ccccc12. The number of para-hydroxylation sites is 1. The fourth-order valence-electron chi connectivity index (χ4n) is 3.51. The number of nitrogens with one attached hydrogen (secondary N) is 1. The van der Waals surface area contributed by atoms with Crippen molar-refractivity contribution in [3.8, 4) is 5.75 Å². The van der Waals surface area contributed by atoms with Gasteiger partial charge in [-0.1, -0.05) is 60.7 Å². The average molecular weight is 373 g/mol. The first-order chi connectivity index (χ1) is 13.1. The molecule has 0 unspecified atom stereocenters. The average Bonchev–Trinajstić information content (AvgIpc) is 3.07. The highest BCUT2D eigenvalue weighted by molar-refractivity contribution is 7.87. The summed E-state index contributed by atoms with van der Waals surface area (Å²) in [6, 6.07) is 25.7. The van der Waals surface area contributed by atoms with Crippen molar-refractivity contribution in [1.29, 1.82) is 0 Å². The fourth-order valence-corrected chi connectivity index (χ4v) is 4.68. The molecule has 0 bridgehead atoms. The molecule has 0 aliphatic heterocycles. The molecule has 1 heterocycles. The standard InChI is InChI=1S/C22H15NO3S/c24-27(25,21-14-5-8-15-7-1-2-9-16(15)21)26-20-13-6-12-19-22(20)17-10-3-4-11-18(17)23-19/h1-14,23H. The molecule has 0 spiro atoms. The van der Waals surface area contributed by atoms with Crippen molar-refractivity contribution in [3.63, 3.8) is 0 Å². The van der Waals surface area contributed by atoms with E-state index in [1.165, 1.54) is 0 Å². The van der Waals surface area contributed by atoms with Crippen molar-refractivity contribution in [2.75, 3.05) is 0 Å². The minimum absolute atomic E-state index is 0.164. The number of fused-ring (bicyclic) bond motifs is 4. The van der Waals surface area contributed by atoms with Crippen LogP contribution in [0.25, 0.3) is 32.6 Å². The van der Waals surface area contributed by atoms with E-state index in [1.54, 1.807) is 30.3 Å². The summed E-state index contributed by atoms with van der Waals surface area (Å²) < 4.78 is 31.8. The highest BCUT2D eigenvalue weighted by Gasteiger charge is 2.21. The van der Waals surface area contributed by atoms with Crippen LogP contribution in [0.1, 0.15) is 0 Å². The van der Waals surface area contributed by atoms with Gasteiger partial charge in [0, 0.05) is 16.3 Å². The van der Waals surface area contributed by atoms with Crippen LogP contribution in [0.3, 0.4) is 0 Å². The lowest BCUT2D eigenvalue weighted by Crippen LogP contribution is -2.10. The molecule has 0 aliphatic carbocycles. The zero-order valence-corrected chi connectivity index (χ0v) is 15.0. The Kier molecular flexibility index (Phi) is 3.45. The molecule has 0 fully saturated rings. The van der Waals surface area contributed by atoms with E-state index in [0.717, 1.165) is 27.2 Å². The van der Waals surface area contributed by atoms with Crippen molar-refractivity contribution in [3.05, 3.63) is 84.9 Å². The molecule has 5 rings (SSSR count). The molecular formula is C22H15NO3S. The van der Waals surface area contributed by atoms with Gasteiger partial charge in [-0.05, 0) is 29.7 Å². The Morgan fingerprint density at radius 3 is 2.22 bits per heavy atom. The number of aromatic nitrogens is 1. The minimum atomic E-state index is -3.99. The molecule has 1 aromatic heterocycles. The van der Waals surface area contributed by atoms with Crippen LogP contribution in [0.4, 0.5) is 0 Å². The number of benzene rings is 4. The topological polar surface area (TPSA) is 59.2 Å². The van der Waals surface area contributed by atoms with Crippen LogP contribution in [0, 0.1) is 0 Å². The second-order valence-corrected chi connectivity index (χ2v) is 7.88. The summed E-state index contributed by atoms with van der Waals surface area (Å²) in [7, 11) is -3.99. The lowest BCUT2D eigenvalue weighted by Gasteiger charge is -2.10. The van der Waals surface area contributed by atoms with Crippen LogP contribution < -0.4 is 4.18 Å². The van der Waals surface area contributed by atoms with E-state index in [1.807, 2.05) is 54.6 Å². The summed E-state index contributed by atoms with van der Waals surface area (Å²) in [5.41, 5.74) is 1.77. The van der Waals surface area contributed by atoms with Crippen molar-refractivity contribution in [2.45, 2.75) is 4.90 Å². The quantitative estimate of drug-likeness (QED) is 0.440.